The molecule has 8 fully saturated rings. The third-order valence-corrected chi connectivity index (χ3v) is 13.0. The van der Waals surface area contributed by atoms with Crippen molar-refractivity contribution in [3.05, 3.63) is 107 Å². The summed E-state index contributed by atoms with van der Waals surface area (Å²) in [6.07, 6.45) is 16.7. The molecule has 3 aromatic carbocycles. The van der Waals surface area contributed by atoms with Gasteiger partial charge in [-0.25, -0.2) is 0 Å². The Bertz CT molecular complexity index is 1490. The largest absolute Gasteiger partial charge is 0.0622 e. The Morgan fingerprint density at radius 2 is 0.881 bits per heavy atom. The van der Waals surface area contributed by atoms with E-state index in [0.717, 1.165) is 57.8 Å². The van der Waals surface area contributed by atoms with Gasteiger partial charge in [-0.2, -0.15) is 0 Å². The van der Waals surface area contributed by atoms with E-state index in [-0.39, 0.29) is 0 Å². The van der Waals surface area contributed by atoms with Crippen molar-refractivity contribution in [1.29, 1.82) is 0 Å². The number of hydrogen-bond acceptors (Lipinski definition) is 0. The van der Waals surface area contributed by atoms with E-state index in [1.54, 1.807) is 24.8 Å². The summed E-state index contributed by atoms with van der Waals surface area (Å²) in [4.78, 5) is 0. The van der Waals surface area contributed by atoms with E-state index in [2.05, 4.69) is 103 Å². The molecule has 8 aliphatic carbocycles. The monoisotopic (exact) mass is 546 g/mol. The first-order chi connectivity index (χ1) is 20.6. The highest BCUT2D eigenvalue weighted by Crippen LogP contribution is 2.78. The van der Waals surface area contributed by atoms with E-state index in [1.165, 1.54) is 51.4 Å². The highest BCUT2D eigenvalue weighted by atomic mass is 14.7. The van der Waals surface area contributed by atoms with Crippen LogP contribution in [0.15, 0.2) is 78.9 Å². The SMILES string of the molecule is C(#Cc1cc(C#Cc2ccccc2)cc(C2C3CC4CC(C3)CC2(C23CC5CC(CC(C5)C2)C3)C4)c1)c1ccccc1. The van der Waals surface area contributed by atoms with Gasteiger partial charge in [0, 0.05) is 22.3 Å². The average molecular weight is 547 g/mol. The quantitative estimate of drug-likeness (QED) is 0.281. The fraction of sp³-hybridized carbons (Fsp3) is 0.476. The van der Waals surface area contributed by atoms with Gasteiger partial charge in [0.05, 0.1) is 0 Å². The molecule has 0 heterocycles. The molecular weight excluding hydrogens is 504 g/mol. The number of benzene rings is 3. The van der Waals surface area contributed by atoms with Crippen molar-refractivity contribution in [3.63, 3.8) is 0 Å². The zero-order valence-electron chi connectivity index (χ0n) is 24.8. The summed E-state index contributed by atoms with van der Waals surface area (Å²) < 4.78 is 0. The molecule has 0 aromatic heterocycles. The van der Waals surface area contributed by atoms with Crippen LogP contribution in [-0.4, -0.2) is 0 Å². The Hall–Kier alpha value is -3.22. The molecular formula is C42H42. The van der Waals surface area contributed by atoms with Gasteiger partial charge in [0.25, 0.3) is 0 Å². The lowest BCUT2D eigenvalue weighted by Gasteiger charge is -2.73. The van der Waals surface area contributed by atoms with E-state index in [4.69, 9.17) is 0 Å². The van der Waals surface area contributed by atoms with Gasteiger partial charge in [-0.15, -0.1) is 0 Å². The summed E-state index contributed by atoms with van der Waals surface area (Å²) in [5.41, 5.74) is 7.11. The van der Waals surface area contributed by atoms with Gasteiger partial charge in [-0.3, -0.25) is 0 Å². The van der Waals surface area contributed by atoms with Gasteiger partial charge in [0.1, 0.15) is 0 Å². The van der Waals surface area contributed by atoms with Crippen molar-refractivity contribution in [2.75, 3.05) is 0 Å². The highest BCUT2D eigenvalue weighted by Gasteiger charge is 2.68. The molecule has 8 saturated carbocycles. The van der Waals surface area contributed by atoms with Gasteiger partial charge in [0.15, 0.2) is 0 Å². The normalized spacial score (nSPS) is 38.4. The van der Waals surface area contributed by atoms with Gasteiger partial charge in [-0.1, -0.05) is 60.1 Å². The van der Waals surface area contributed by atoms with Crippen LogP contribution in [0.3, 0.4) is 0 Å². The molecule has 210 valence electrons. The van der Waals surface area contributed by atoms with Crippen LogP contribution in [-0.2, 0) is 0 Å². The number of rotatable bonds is 2. The molecule has 0 heteroatoms. The van der Waals surface area contributed by atoms with Crippen LogP contribution in [0.25, 0.3) is 0 Å². The smallest absolute Gasteiger partial charge is 0.0264 e. The maximum atomic E-state index is 3.59. The van der Waals surface area contributed by atoms with Gasteiger partial charge in [0.2, 0.25) is 0 Å². The van der Waals surface area contributed by atoms with Crippen molar-refractivity contribution >= 4 is 0 Å². The minimum absolute atomic E-state index is 0.493. The van der Waals surface area contributed by atoms with Crippen molar-refractivity contribution in [2.24, 2.45) is 46.3 Å². The van der Waals surface area contributed by atoms with Gasteiger partial charge >= 0.3 is 0 Å². The minimum Gasteiger partial charge on any atom is -0.0622 e. The lowest BCUT2D eigenvalue weighted by molar-refractivity contribution is -0.211. The highest BCUT2D eigenvalue weighted by molar-refractivity contribution is 5.52. The van der Waals surface area contributed by atoms with Crippen molar-refractivity contribution in [1.82, 2.24) is 0 Å². The Labute approximate surface area is 252 Å². The second kappa shape index (κ2) is 9.65. The summed E-state index contributed by atoms with van der Waals surface area (Å²) in [5, 5.41) is 0. The molecule has 0 radical (unpaired) electrons. The Kier molecular flexibility index (Phi) is 5.81. The van der Waals surface area contributed by atoms with Crippen LogP contribution in [0, 0.1) is 70.0 Å². The summed E-state index contributed by atoms with van der Waals surface area (Å²) in [6, 6.07) is 28.2. The fourth-order valence-electron chi connectivity index (χ4n) is 12.4. The molecule has 3 atom stereocenters. The van der Waals surface area contributed by atoms with Crippen molar-refractivity contribution < 1.29 is 0 Å². The van der Waals surface area contributed by atoms with Crippen LogP contribution in [0.1, 0.15) is 104 Å². The van der Waals surface area contributed by atoms with Crippen LogP contribution in [0.2, 0.25) is 0 Å². The third kappa shape index (κ3) is 4.13. The maximum absolute atomic E-state index is 3.59. The van der Waals surface area contributed by atoms with Crippen molar-refractivity contribution in [2.45, 2.75) is 76.5 Å². The molecule has 8 aliphatic rings. The predicted molar refractivity (Wildman–Crippen MR) is 171 cm³/mol. The molecule has 42 heavy (non-hydrogen) atoms. The first kappa shape index (κ1) is 25.3. The molecule has 0 nitrogen and oxygen atoms in total. The number of hydrogen-bond donors (Lipinski definition) is 0. The lowest BCUT2D eigenvalue weighted by atomic mass is 9.32. The lowest BCUT2D eigenvalue weighted by Crippen LogP contribution is -2.63. The molecule has 3 unspecified atom stereocenters. The van der Waals surface area contributed by atoms with Crippen LogP contribution in [0.4, 0.5) is 0 Å². The maximum Gasteiger partial charge on any atom is 0.0264 e. The first-order valence-corrected chi connectivity index (χ1v) is 16.9. The zero-order chi connectivity index (χ0) is 27.7. The third-order valence-electron chi connectivity index (χ3n) is 13.0. The fourth-order valence-corrected chi connectivity index (χ4v) is 12.4. The van der Waals surface area contributed by atoms with E-state index < -0.39 is 0 Å². The zero-order valence-corrected chi connectivity index (χ0v) is 24.8. The van der Waals surface area contributed by atoms with Crippen LogP contribution >= 0.6 is 0 Å². The second-order valence-corrected chi connectivity index (χ2v) is 15.5. The average Bonchev–Trinajstić information content (AvgIpc) is 2.99. The Morgan fingerprint density at radius 3 is 1.36 bits per heavy atom. The van der Waals surface area contributed by atoms with Gasteiger partial charge in [-0.05, 0) is 171 Å². The molecule has 0 N–H and O–H groups in total. The van der Waals surface area contributed by atoms with E-state index in [9.17, 15) is 0 Å². The summed E-state index contributed by atoms with van der Waals surface area (Å²) in [6.45, 7) is 0. The van der Waals surface area contributed by atoms with E-state index in [0.29, 0.717) is 16.7 Å². The summed E-state index contributed by atoms with van der Waals surface area (Å²) in [7, 11) is 0. The van der Waals surface area contributed by atoms with Crippen molar-refractivity contribution in [3.8, 4) is 23.7 Å². The summed E-state index contributed by atoms with van der Waals surface area (Å²) in [5.74, 6) is 20.7. The second-order valence-electron chi connectivity index (χ2n) is 15.5. The van der Waals surface area contributed by atoms with Crippen LogP contribution < -0.4 is 0 Å². The summed E-state index contributed by atoms with van der Waals surface area (Å²) >= 11 is 0. The molecule has 8 bridgehead atoms. The van der Waals surface area contributed by atoms with E-state index >= 15 is 0 Å². The van der Waals surface area contributed by atoms with E-state index in [1.807, 2.05) is 0 Å². The van der Waals surface area contributed by atoms with Crippen LogP contribution in [0.5, 0.6) is 0 Å². The first-order valence-electron chi connectivity index (χ1n) is 16.9. The Morgan fingerprint density at radius 1 is 0.452 bits per heavy atom. The molecule has 3 aromatic rings. The topological polar surface area (TPSA) is 0 Å². The molecule has 0 saturated heterocycles. The Balaban J connectivity index is 1.18. The standard InChI is InChI=1S/C42H42/c1-3-7-29(8-4-1)11-13-31-15-32(14-12-30-9-5-2-6-10-30)21-38(20-31)40-39-22-36-19-37(23-39)28-42(40,27-36)41-24-33-16-34(25-41)18-35(17-33)26-41/h1-10,15,20-21,33-37,39-40H,16-19,22-28H2. The van der Waals surface area contributed by atoms with Gasteiger partial charge < -0.3 is 0 Å². The molecule has 0 amide bonds. The predicted octanol–water partition coefficient (Wildman–Crippen LogP) is 9.61. The molecule has 0 aliphatic heterocycles. The molecule has 0 spiro atoms. The molecule has 11 rings (SSSR count). The minimum atomic E-state index is 0.493.